The molecule has 0 saturated carbocycles. The Bertz CT molecular complexity index is 268. The van der Waals surface area contributed by atoms with Gasteiger partial charge in [-0.2, -0.15) is 0 Å². The third-order valence-electron chi connectivity index (χ3n) is 1.73. The number of hydrogen-bond acceptors (Lipinski definition) is 8. The Hall–Kier alpha value is -2.30. The van der Waals surface area contributed by atoms with Crippen LogP contribution in [0.4, 0.5) is 0 Å². The van der Waals surface area contributed by atoms with Gasteiger partial charge in [-0.05, 0) is 0 Å². The number of carbonyl (C=O) groups excluding carboxylic acids is 2. The van der Waals surface area contributed by atoms with Crippen molar-refractivity contribution in [2.24, 2.45) is 11.5 Å². The standard InChI is InChI=1S/2C6H12NO4.Rf/c2*1-10-2-5(8)3-11-4-6(7)9;/h2*5,8H,1-4H2,(H2,7,9);/q2*-1;. The molecule has 0 aromatic carbocycles. The van der Waals surface area contributed by atoms with E-state index in [9.17, 15) is 9.59 Å². The molecule has 0 heterocycles. The molecule has 0 aliphatic heterocycles. The van der Waals surface area contributed by atoms with Crippen LogP contribution in [0.5, 0.6) is 0 Å². The van der Waals surface area contributed by atoms with Crippen LogP contribution >= 0.6 is 0 Å². The molecule has 2 atom stereocenters. The zero-order chi connectivity index (χ0) is 17.4. The summed E-state index contributed by atoms with van der Waals surface area (Å²) in [6.45, 7) is -0.156. The molecule has 23 heavy (non-hydrogen) atoms. The number of ether oxygens (including phenoxy) is 4. The number of carbonyl (C=O) groups is 2. The van der Waals surface area contributed by atoms with Gasteiger partial charge in [0.05, 0.1) is 25.4 Å². The maximum absolute atomic E-state index is 10.1. The second-order valence-corrected chi connectivity index (χ2v) is 4.01. The van der Waals surface area contributed by atoms with Gasteiger partial charge in [-0.3, -0.25) is 9.59 Å². The normalized spacial score (nSPS) is 12.3. The van der Waals surface area contributed by atoms with Gasteiger partial charge in [-0.1, -0.05) is 0 Å². The average molecular weight is 591 g/mol. The smallest absolute Gasteiger partial charge is 0.243 e. The Labute approximate surface area is 129 Å². The summed E-state index contributed by atoms with van der Waals surface area (Å²) >= 11 is 0. The molecule has 11 heteroatoms. The molecule has 0 radical (unpaired) electrons. The van der Waals surface area contributed by atoms with Gasteiger partial charge in [0.2, 0.25) is 11.8 Å². The molecule has 134 valence electrons. The van der Waals surface area contributed by atoms with Gasteiger partial charge in [-0.25, -0.2) is 14.2 Å². The number of aliphatic hydroxyl groups is 2. The summed E-state index contributed by atoms with van der Waals surface area (Å²) in [4.78, 5) is 20.2. The Morgan fingerprint density at radius 2 is 1.13 bits per heavy atom. The molecule has 0 spiro atoms. The van der Waals surface area contributed by atoms with E-state index in [1.165, 1.54) is 0 Å². The minimum Gasteiger partial charge on any atom is -0.553 e. The first-order valence-corrected chi connectivity index (χ1v) is 6.15. The molecule has 2 amide bonds. The topological polar surface area (TPSA) is 164 Å². The molecule has 0 aromatic rings. The van der Waals surface area contributed by atoms with Crippen LogP contribution in [-0.4, -0.2) is 73.9 Å². The van der Waals surface area contributed by atoms with Crippen molar-refractivity contribution >= 4 is 11.8 Å². The molecular formula is C12H24N2O8Rf-2. The molecule has 0 aromatic heterocycles. The summed E-state index contributed by atoms with van der Waals surface area (Å²) in [5, 5.41) is 17.8. The Kier molecular flexibility index (Phi) is 19.8. The maximum atomic E-state index is 10.1. The second-order valence-electron chi connectivity index (χ2n) is 4.01. The van der Waals surface area contributed by atoms with Crippen molar-refractivity contribution in [1.29, 1.82) is 0 Å². The third kappa shape index (κ3) is 25.0. The van der Waals surface area contributed by atoms with Gasteiger partial charge < -0.3 is 40.6 Å². The Balaban J connectivity index is -0.000000333. The van der Waals surface area contributed by atoms with E-state index in [1.807, 2.05) is 0 Å². The first-order valence-electron chi connectivity index (χ1n) is 6.15. The van der Waals surface area contributed by atoms with E-state index in [2.05, 4.69) is 33.2 Å². The van der Waals surface area contributed by atoms with Crippen LogP contribution in [-0.2, 0) is 28.5 Å². The van der Waals surface area contributed by atoms with Crippen molar-refractivity contribution in [3.63, 3.8) is 0 Å². The van der Waals surface area contributed by atoms with E-state index in [0.29, 0.717) is 0 Å². The molecule has 6 N–H and O–H groups in total. The van der Waals surface area contributed by atoms with Crippen LogP contribution in [0.2, 0.25) is 0 Å². The average Bonchev–Trinajstić information content (AvgIpc) is 2.39. The molecular weight excluding hydrogens is 567 g/mol. The largest absolute Gasteiger partial charge is 0.553 e. The fourth-order valence-electron chi connectivity index (χ4n) is 0.959. The van der Waals surface area contributed by atoms with Crippen LogP contribution in [0.15, 0.2) is 0 Å². The minimum absolute atomic E-state index is 0. The molecule has 0 bridgehead atoms. The van der Waals surface area contributed by atoms with Crippen LogP contribution in [0.1, 0.15) is 0 Å². The van der Waals surface area contributed by atoms with Gasteiger partial charge >= 0.3 is 0 Å². The number of aliphatic hydroxyl groups excluding tert-OH is 2. The number of nitrogens with two attached hydrogens (primary N) is 2. The molecule has 0 aliphatic rings. The van der Waals surface area contributed by atoms with Crippen molar-refractivity contribution < 1.29 is 38.7 Å². The monoisotopic (exact) mass is 591 g/mol. The first kappa shape index (κ1) is 25.6. The zero-order valence-corrected chi connectivity index (χ0v) is 19.4. The van der Waals surface area contributed by atoms with Crippen LogP contribution in [0, 0.1) is 14.2 Å². The van der Waals surface area contributed by atoms with E-state index in [-0.39, 0.29) is 39.6 Å². The van der Waals surface area contributed by atoms with Crippen LogP contribution in [0.25, 0.3) is 0 Å². The SMILES string of the molecule is [CH2-]OCC(O)COCC(N)=O.[CH2-]OCC(O)COCC(N)=O.[Rf]. The number of rotatable bonds is 12. The summed E-state index contributed by atoms with van der Waals surface area (Å²) in [7, 11) is 6.12. The quantitative estimate of drug-likeness (QED) is 0.179. The molecule has 0 saturated heterocycles. The summed E-state index contributed by atoms with van der Waals surface area (Å²) < 4.78 is 18.1. The van der Waals surface area contributed by atoms with Gasteiger partial charge in [0.25, 0.3) is 0 Å². The summed E-state index contributed by atoms with van der Waals surface area (Å²) in [5.41, 5.74) is 9.53. The van der Waals surface area contributed by atoms with Crippen molar-refractivity contribution in [1.82, 2.24) is 0 Å². The van der Waals surface area contributed by atoms with Gasteiger partial charge in [-0.15, -0.1) is 0 Å². The van der Waals surface area contributed by atoms with Gasteiger partial charge in [0.15, 0.2) is 0 Å². The number of amides is 2. The van der Waals surface area contributed by atoms with E-state index in [1.54, 1.807) is 0 Å². The van der Waals surface area contributed by atoms with E-state index in [0.717, 1.165) is 0 Å². The zero-order valence-electron chi connectivity index (χ0n) is 13.0. The predicted octanol–water partition coefficient (Wildman–Crippen LogP) is -2.69. The second kappa shape index (κ2) is 17.8. The summed E-state index contributed by atoms with van der Waals surface area (Å²) in [6.07, 6.45) is -1.52. The van der Waals surface area contributed by atoms with E-state index in [4.69, 9.17) is 21.7 Å². The molecule has 0 aliphatic carbocycles. The van der Waals surface area contributed by atoms with Gasteiger partial charge in [0, 0.05) is 13.2 Å². The fourth-order valence-corrected chi connectivity index (χ4v) is 0.959. The predicted molar refractivity (Wildman–Crippen MR) is 74.7 cm³/mol. The first-order chi connectivity index (χ1) is 10.3. The van der Waals surface area contributed by atoms with Crippen molar-refractivity contribution in [2.45, 2.75) is 12.2 Å². The molecule has 10 nitrogen and oxygen atoms in total. The fraction of sp³-hybridized carbons (Fsp3) is 0.667. The van der Waals surface area contributed by atoms with Crippen LogP contribution in [0.3, 0.4) is 0 Å². The third-order valence-corrected chi connectivity index (χ3v) is 1.73. The summed E-state index contributed by atoms with van der Waals surface area (Å²) in [5.74, 6) is -1.12. The summed E-state index contributed by atoms with van der Waals surface area (Å²) in [6, 6.07) is 0. The maximum Gasteiger partial charge on any atom is 0.243 e. The van der Waals surface area contributed by atoms with E-state index < -0.39 is 24.0 Å². The van der Waals surface area contributed by atoms with E-state index >= 15 is 0 Å². The van der Waals surface area contributed by atoms with Crippen molar-refractivity contribution in [2.75, 3.05) is 39.6 Å². The van der Waals surface area contributed by atoms with Crippen molar-refractivity contribution in [3.8, 4) is 0 Å². The molecule has 0 rings (SSSR count). The van der Waals surface area contributed by atoms with Crippen LogP contribution < -0.4 is 11.5 Å². The van der Waals surface area contributed by atoms with Crippen molar-refractivity contribution in [3.05, 3.63) is 14.2 Å². The Morgan fingerprint density at radius 1 is 0.826 bits per heavy atom. The number of primary amides is 2. The number of hydrogen-bond donors (Lipinski definition) is 4. The minimum atomic E-state index is -0.758. The molecule has 0 fully saturated rings. The van der Waals surface area contributed by atoms with Gasteiger partial charge in [0.1, 0.15) is 13.2 Å². The molecule has 2 unspecified atom stereocenters. The Morgan fingerprint density at radius 3 is 1.35 bits per heavy atom.